The zero-order chi connectivity index (χ0) is 14.4. The number of hydrazine groups is 1. The molecule has 1 aliphatic heterocycles. The van der Waals surface area contributed by atoms with E-state index in [4.69, 9.17) is 15.3 Å². The van der Waals surface area contributed by atoms with Crippen LogP contribution in [-0.4, -0.2) is 25.9 Å². The molecular weight excluding hydrogens is 259 g/mol. The van der Waals surface area contributed by atoms with Gasteiger partial charge in [-0.25, -0.2) is 4.39 Å². The molecular formula is C15H23FN2O2. The summed E-state index contributed by atoms with van der Waals surface area (Å²) in [7, 11) is 1.47. The van der Waals surface area contributed by atoms with E-state index in [2.05, 4.69) is 5.43 Å². The summed E-state index contributed by atoms with van der Waals surface area (Å²) >= 11 is 0. The Morgan fingerprint density at radius 1 is 1.55 bits per heavy atom. The fraction of sp³-hybridized carbons (Fsp3) is 0.600. The molecule has 2 rings (SSSR count). The number of hydrogen-bond donors (Lipinski definition) is 2. The smallest absolute Gasteiger partial charge is 0.168 e. The van der Waals surface area contributed by atoms with Gasteiger partial charge in [0.2, 0.25) is 0 Å². The molecule has 0 aliphatic carbocycles. The van der Waals surface area contributed by atoms with E-state index < -0.39 is 0 Å². The Hall–Kier alpha value is -1.17. The first-order valence-electron chi connectivity index (χ1n) is 7.13. The molecule has 1 aliphatic rings. The topological polar surface area (TPSA) is 56.5 Å². The van der Waals surface area contributed by atoms with Crippen molar-refractivity contribution >= 4 is 0 Å². The highest BCUT2D eigenvalue weighted by atomic mass is 19.1. The maximum absolute atomic E-state index is 14.1. The summed E-state index contributed by atoms with van der Waals surface area (Å²) in [6, 6.07) is 5.23. The normalized spacial score (nSPS) is 20.1. The lowest BCUT2D eigenvalue weighted by Gasteiger charge is -2.18. The molecule has 0 aromatic heterocycles. The average molecular weight is 282 g/mol. The van der Waals surface area contributed by atoms with Gasteiger partial charge in [-0.2, -0.15) is 0 Å². The maximum Gasteiger partial charge on any atom is 0.168 e. The van der Waals surface area contributed by atoms with Crippen LogP contribution in [0.3, 0.4) is 0 Å². The molecule has 112 valence electrons. The monoisotopic (exact) mass is 282 g/mol. The summed E-state index contributed by atoms with van der Waals surface area (Å²) < 4.78 is 24.7. The van der Waals surface area contributed by atoms with Crippen LogP contribution in [0.25, 0.3) is 0 Å². The molecule has 1 heterocycles. The Bertz CT molecular complexity index is 422. The van der Waals surface area contributed by atoms with Gasteiger partial charge >= 0.3 is 0 Å². The van der Waals surface area contributed by atoms with Crippen molar-refractivity contribution < 1.29 is 13.9 Å². The fourth-order valence-electron chi connectivity index (χ4n) is 2.64. The van der Waals surface area contributed by atoms with Gasteiger partial charge in [0.1, 0.15) is 0 Å². The maximum atomic E-state index is 14.1. The Morgan fingerprint density at radius 3 is 3.05 bits per heavy atom. The van der Waals surface area contributed by atoms with Gasteiger partial charge in [0.15, 0.2) is 11.6 Å². The summed E-state index contributed by atoms with van der Waals surface area (Å²) in [6.45, 7) is 0.857. The number of nitrogens with two attached hydrogens (primary N) is 1. The number of benzene rings is 1. The molecule has 0 bridgehead atoms. The Kier molecular flexibility index (Phi) is 5.76. The second kappa shape index (κ2) is 7.57. The van der Waals surface area contributed by atoms with Crippen LogP contribution in [0.2, 0.25) is 0 Å². The van der Waals surface area contributed by atoms with Gasteiger partial charge in [0.25, 0.3) is 0 Å². The quantitative estimate of drug-likeness (QED) is 0.594. The summed E-state index contributed by atoms with van der Waals surface area (Å²) in [6.07, 6.45) is 4.96. The van der Waals surface area contributed by atoms with Gasteiger partial charge in [-0.05, 0) is 43.7 Å². The molecule has 2 unspecified atom stereocenters. The molecule has 1 aromatic carbocycles. The van der Waals surface area contributed by atoms with Crippen molar-refractivity contribution in [2.24, 2.45) is 5.84 Å². The third kappa shape index (κ3) is 3.91. The van der Waals surface area contributed by atoms with Gasteiger partial charge in [-0.15, -0.1) is 0 Å². The van der Waals surface area contributed by atoms with Crippen LogP contribution < -0.4 is 16.0 Å². The first kappa shape index (κ1) is 15.2. The minimum atomic E-state index is -0.299. The van der Waals surface area contributed by atoms with Gasteiger partial charge in [0, 0.05) is 12.6 Å². The van der Waals surface area contributed by atoms with Crippen LogP contribution in [0.1, 0.15) is 31.2 Å². The number of methoxy groups -OCH3 is 1. The van der Waals surface area contributed by atoms with E-state index >= 15 is 0 Å². The van der Waals surface area contributed by atoms with E-state index in [1.54, 1.807) is 18.2 Å². The van der Waals surface area contributed by atoms with E-state index in [9.17, 15) is 4.39 Å². The largest absolute Gasteiger partial charge is 0.494 e. The highest BCUT2D eigenvalue weighted by Gasteiger charge is 2.19. The standard InChI is InChI=1S/C15H23FN2O2/c1-19-14-6-2-4-11(15(14)16)10-12(18-17)7-8-13-5-3-9-20-13/h2,4,6,12-13,18H,3,5,7-10,17H2,1H3. The Morgan fingerprint density at radius 2 is 2.40 bits per heavy atom. The first-order chi connectivity index (χ1) is 9.74. The van der Waals surface area contributed by atoms with Crippen molar-refractivity contribution in [2.45, 2.75) is 44.2 Å². The molecule has 4 nitrogen and oxygen atoms in total. The van der Waals surface area contributed by atoms with E-state index in [-0.39, 0.29) is 17.6 Å². The van der Waals surface area contributed by atoms with Crippen molar-refractivity contribution in [1.29, 1.82) is 0 Å². The lowest BCUT2D eigenvalue weighted by Crippen LogP contribution is -2.37. The van der Waals surface area contributed by atoms with E-state index in [0.29, 0.717) is 18.1 Å². The highest BCUT2D eigenvalue weighted by Crippen LogP contribution is 2.23. The summed E-state index contributed by atoms with van der Waals surface area (Å²) in [5.41, 5.74) is 3.40. The van der Waals surface area contributed by atoms with E-state index in [0.717, 1.165) is 32.3 Å². The number of rotatable bonds is 7. The predicted molar refractivity (Wildman–Crippen MR) is 76.0 cm³/mol. The number of halogens is 1. The third-order valence-electron chi connectivity index (χ3n) is 3.83. The molecule has 1 saturated heterocycles. The van der Waals surface area contributed by atoms with Gasteiger partial charge in [-0.1, -0.05) is 12.1 Å². The molecule has 5 heteroatoms. The number of nitrogens with one attached hydrogen (secondary N) is 1. The van der Waals surface area contributed by atoms with Crippen LogP contribution in [0.4, 0.5) is 4.39 Å². The number of hydrogen-bond acceptors (Lipinski definition) is 4. The summed E-state index contributed by atoms with van der Waals surface area (Å²) in [5, 5.41) is 0. The van der Waals surface area contributed by atoms with Crippen LogP contribution in [0, 0.1) is 5.82 Å². The van der Waals surface area contributed by atoms with Gasteiger partial charge < -0.3 is 9.47 Å². The Labute approximate surface area is 119 Å². The third-order valence-corrected chi connectivity index (χ3v) is 3.83. The second-order valence-corrected chi connectivity index (χ2v) is 5.21. The highest BCUT2D eigenvalue weighted by molar-refractivity contribution is 5.31. The molecule has 0 spiro atoms. The minimum absolute atomic E-state index is 0.0424. The molecule has 0 saturated carbocycles. The zero-order valence-corrected chi connectivity index (χ0v) is 11.9. The fourth-order valence-corrected chi connectivity index (χ4v) is 2.64. The molecule has 1 fully saturated rings. The average Bonchev–Trinajstić information content (AvgIpc) is 2.98. The lowest BCUT2D eigenvalue weighted by atomic mass is 9.99. The SMILES string of the molecule is COc1cccc(CC(CCC2CCCO2)NN)c1F. The molecule has 2 atom stereocenters. The van der Waals surface area contributed by atoms with Crippen molar-refractivity contribution in [2.75, 3.05) is 13.7 Å². The molecule has 3 N–H and O–H groups in total. The van der Waals surface area contributed by atoms with Crippen LogP contribution in [0.15, 0.2) is 18.2 Å². The van der Waals surface area contributed by atoms with Gasteiger partial charge in [-0.3, -0.25) is 11.3 Å². The van der Waals surface area contributed by atoms with Crippen LogP contribution >= 0.6 is 0 Å². The Balaban J connectivity index is 1.91. The second-order valence-electron chi connectivity index (χ2n) is 5.21. The lowest BCUT2D eigenvalue weighted by molar-refractivity contribution is 0.0995. The molecule has 0 amide bonds. The predicted octanol–water partition coefficient (Wildman–Crippen LogP) is 2.17. The minimum Gasteiger partial charge on any atom is -0.494 e. The zero-order valence-electron chi connectivity index (χ0n) is 11.9. The van der Waals surface area contributed by atoms with Crippen molar-refractivity contribution in [1.82, 2.24) is 5.43 Å². The van der Waals surface area contributed by atoms with Crippen LogP contribution in [-0.2, 0) is 11.2 Å². The van der Waals surface area contributed by atoms with E-state index in [1.807, 2.05) is 0 Å². The van der Waals surface area contributed by atoms with Crippen molar-refractivity contribution in [3.63, 3.8) is 0 Å². The van der Waals surface area contributed by atoms with E-state index in [1.165, 1.54) is 7.11 Å². The molecule has 20 heavy (non-hydrogen) atoms. The first-order valence-corrected chi connectivity index (χ1v) is 7.13. The molecule has 0 radical (unpaired) electrons. The van der Waals surface area contributed by atoms with Crippen molar-refractivity contribution in [3.05, 3.63) is 29.6 Å². The van der Waals surface area contributed by atoms with Gasteiger partial charge in [0.05, 0.1) is 13.2 Å². The van der Waals surface area contributed by atoms with Crippen LogP contribution in [0.5, 0.6) is 5.75 Å². The molecule has 1 aromatic rings. The van der Waals surface area contributed by atoms with Crippen molar-refractivity contribution in [3.8, 4) is 5.75 Å². The number of ether oxygens (including phenoxy) is 2. The summed E-state index contributed by atoms with van der Waals surface area (Å²) in [5.74, 6) is 5.56. The summed E-state index contributed by atoms with van der Waals surface area (Å²) in [4.78, 5) is 0.